The third kappa shape index (κ3) is 1.83. The van der Waals surface area contributed by atoms with Gasteiger partial charge in [-0.2, -0.15) is 0 Å². The maximum Gasteiger partial charge on any atom is 0.0312 e. The van der Waals surface area contributed by atoms with E-state index in [4.69, 9.17) is 0 Å². The van der Waals surface area contributed by atoms with Crippen LogP contribution in [0.15, 0.2) is 24.5 Å². The summed E-state index contributed by atoms with van der Waals surface area (Å²) in [6.07, 6.45) is 6.35. The van der Waals surface area contributed by atoms with E-state index in [1.165, 1.54) is 18.4 Å². The lowest BCUT2D eigenvalue weighted by Crippen LogP contribution is -2.26. The molecule has 0 radical (unpaired) electrons. The third-order valence-electron chi connectivity index (χ3n) is 2.44. The lowest BCUT2D eigenvalue weighted by atomic mass is 10.2. The molecular weight excluding hydrogens is 148 g/mol. The van der Waals surface area contributed by atoms with Crippen molar-refractivity contribution in [2.45, 2.75) is 31.8 Å². The minimum atomic E-state index is 0.426. The molecule has 64 valence electrons. The lowest BCUT2D eigenvalue weighted by molar-refractivity contribution is 0.537. The van der Waals surface area contributed by atoms with Crippen molar-refractivity contribution in [1.82, 2.24) is 10.3 Å². The lowest BCUT2D eigenvalue weighted by Gasteiger charge is -2.10. The zero-order valence-corrected chi connectivity index (χ0v) is 7.38. The molecule has 0 saturated heterocycles. The van der Waals surface area contributed by atoms with Crippen molar-refractivity contribution in [3.05, 3.63) is 30.1 Å². The molecule has 0 bridgehead atoms. The molecule has 0 unspecified atom stereocenters. The van der Waals surface area contributed by atoms with Crippen LogP contribution in [0.3, 0.4) is 0 Å². The molecular formula is C10H14N2. The molecule has 1 aromatic heterocycles. The van der Waals surface area contributed by atoms with Gasteiger partial charge in [0, 0.05) is 24.5 Å². The van der Waals surface area contributed by atoms with E-state index >= 15 is 0 Å². The van der Waals surface area contributed by atoms with Crippen LogP contribution in [0.5, 0.6) is 0 Å². The fourth-order valence-corrected chi connectivity index (χ4v) is 1.18. The SMILES string of the molecule is CC1(NCc2cccnc2)CC1. The average molecular weight is 162 g/mol. The van der Waals surface area contributed by atoms with E-state index in [2.05, 4.69) is 23.3 Å². The summed E-state index contributed by atoms with van der Waals surface area (Å²) in [7, 11) is 0. The highest BCUT2D eigenvalue weighted by Gasteiger charge is 2.36. The Bertz CT molecular complexity index is 252. The fourth-order valence-electron chi connectivity index (χ4n) is 1.18. The van der Waals surface area contributed by atoms with Crippen LogP contribution in [0.2, 0.25) is 0 Å². The van der Waals surface area contributed by atoms with Gasteiger partial charge in [-0.05, 0) is 31.4 Å². The number of rotatable bonds is 3. The number of nitrogens with zero attached hydrogens (tertiary/aromatic N) is 1. The van der Waals surface area contributed by atoms with E-state index in [1.54, 1.807) is 0 Å². The van der Waals surface area contributed by atoms with Crippen LogP contribution in [0.25, 0.3) is 0 Å². The molecule has 12 heavy (non-hydrogen) atoms. The zero-order chi connectivity index (χ0) is 8.44. The largest absolute Gasteiger partial charge is 0.307 e. The van der Waals surface area contributed by atoms with Gasteiger partial charge >= 0.3 is 0 Å². The molecule has 0 aliphatic heterocycles. The third-order valence-corrected chi connectivity index (χ3v) is 2.44. The van der Waals surface area contributed by atoms with Gasteiger partial charge in [0.2, 0.25) is 0 Å². The summed E-state index contributed by atoms with van der Waals surface area (Å²) in [5.41, 5.74) is 1.70. The molecule has 1 heterocycles. The highest BCUT2D eigenvalue weighted by Crippen LogP contribution is 2.34. The Kier molecular flexibility index (Phi) is 1.85. The number of hydrogen-bond acceptors (Lipinski definition) is 2. The Morgan fingerprint density at radius 1 is 1.58 bits per heavy atom. The average Bonchev–Trinajstić information content (AvgIpc) is 2.84. The first kappa shape index (κ1) is 7.74. The first-order valence-corrected chi connectivity index (χ1v) is 4.42. The number of aromatic nitrogens is 1. The first-order chi connectivity index (χ1) is 5.79. The number of hydrogen-bond donors (Lipinski definition) is 1. The fraction of sp³-hybridized carbons (Fsp3) is 0.500. The summed E-state index contributed by atoms with van der Waals surface area (Å²) in [5.74, 6) is 0. The Morgan fingerprint density at radius 3 is 3.00 bits per heavy atom. The molecule has 2 nitrogen and oxygen atoms in total. The Hall–Kier alpha value is -0.890. The zero-order valence-electron chi connectivity index (χ0n) is 7.38. The molecule has 2 rings (SSSR count). The van der Waals surface area contributed by atoms with Crippen molar-refractivity contribution in [2.24, 2.45) is 0 Å². The van der Waals surface area contributed by atoms with Gasteiger partial charge in [0.1, 0.15) is 0 Å². The minimum Gasteiger partial charge on any atom is -0.307 e. The topological polar surface area (TPSA) is 24.9 Å². The smallest absolute Gasteiger partial charge is 0.0312 e. The van der Waals surface area contributed by atoms with Crippen molar-refractivity contribution >= 4 is 0 Å². The van der Waals surface area contributed by atoms with E-state index in [-0.39, 0.29) is 0 Å². The van der Waals surface area contributed by atoms with Crippen molar-refractivity contribution in [2.75, 3.05) is 0 Å². The summed E-state index contributed by atoms with van der Waals surface area (Å²) >= 11 is 0. The predicted octanol–water partition coefficient (Wildman–Crippen LogP) is 1.72. The van der Waals surface area contributed by atoms with Crippen molar-refractivity contribution in [1.29, 1.82) is 0 Å². The summed E-state index contributed by atoms with van der Waals surface area (Å²) in [5, 5.41) is 3.51. The molecule has 1 aromatic rings. The summed E-state index contributed by atoms with van der Waals surface area (Å²) in [6, 6.07) is 4.08. The van der Waals surface area contributed by atoms with Crippen LogP contribution in [0.1, 0.15) is 25.3 Å². The van der Waals surface area contributed by atoms with Crippen molar-refractivity contribution < 1.29 is 0 Å². The normalized spacial score (nSPS) is 19.1. The van der Waals surface area contributed by atoms with Gasteiger partial charge in [-0.25, -0.2) is 0 Å². The van der Waals surface area contributed by atoms with E-state index in [1.807, 2.05) is 18.5 Å². The van der Waals surface area contributed by atoms with Gasteiger partial charge in [-0.15, -0.1) is 0 Å². The second-order valence-corrected chi connectivity index (χ2v) is 3.78. The van der Waals surface area contributed by atoms with Gasteiger partial charge < -0.3 is 5.32 Å². The molecule has 2 heteroatoms. The Labute approximate surface area is 73.0 Å². The monoisotopic (exact) mass is 162 g/mol. The highest BCUT2D eigenvalue weighted by atomic mass is 15.0. The van der Waals surface area contributed by atoms with Crippen molar-refractivity contribution in [3.63, 3.8) is 0 Å². The van der Waals surface area contributed by atoms with Crippen LogP contribution in [0, 0.1) is 0 Å². The van der Waals surface area contributed by atoms with Crippen LogP contribution in [-0.2, 0) is 6.54 Å². The second-order valence-electron chi connectivity index (χ2n) is 3.78. The summed E-state index contributed by atoms with van der Waals surface area (Å²) < 4.78 is 0. The van der Waals surface area contributed by atoms with Gasteiger partial charge in [0.05, 0.1) is 0 Å². The minimum absolute atomic E-state index is 0.426. The molecule has 0 amide bonds. The van der Waals surface area contributed by atoms with E-state index in [9.17, 15) is 0 Å². The van der Waals surface area contributed by atoms with Gasteiger partial charge in [-0.1, -0.05) is 6.07 Å². The van der Waals surface area contributed by atoms with E-state index < -0.39 is 0 Å². The van der Waals surface area contributed by atoms with Gasteiger partial charge in [0.15, 0.2) is 0 Å². The van der Waals surface area contributed by atoms with Crippen LogP contribution < -0.4 is 5.32 Å². The number of pyridine rings is 1. The molecule has 1 aliphatic carbocycles. The van der Waals surface area contributed by atoms with E-state index in [0.717, 1.165) is 6.54 Å². The van der Waals surface area contributed by atoms with Gasteiger partial charge in [0.25, 0.3) is 0 Å². The maximum absolute atomic E-state index is 4.07. The molecule has 1 aliphatic rings. The standard InChI is InChI=1S/C10H14N2/c1-10(4-5-10)12-8-9-3-2-6-11-7-9/h2-3,6-7,12H,4-5,8H2,1H3. The Balaban J connectivity index is 1.88. The van der Waals surface area contributed by atoms with Crippen molar-refractivity contribution in [3.8, 4) is 0 Å². The molecule has 1 fully saturated rings. The first-order valence-electron chi connectivity index (χ1n) is 4.42. The quantitative estimate of drug-likeness (QED) is 0.732. The maximum atomic E-state index is 4.07. The Morgan fingerprint density at radius 2 is 2.42 bits per heavy atom. The van der Waals surface area contributed by atoms with Crippen LogP contribution >= 0.6 is 0 Å². The summed E-state index contributed by atoms with van der Waals surface area (Å²) in [4.78, 5) is 4.07. The summed E-state index contributed by atoms with van der Waals surface area (Å²) in [6.45, 7) is 3.22. The van der Waals surface area contributed by atoms with E-state index in [0.29, 0.717) is 5.54 Å². The van der Waals surface area contributed by atoms with Crippen LogP contribution in [-0.4, -0.2) is 10.5 Å². The second kappa shape index (κ2) is 2.87. The predicted molar refractivity (Wildman–Crippen MR) is 48.7 cm³/mol. The van der Waals surface area contributed by atoms with Gasteiger partial charge in [-0.3, -0.25) is 4.98 Å². The molecule has 0 aromatic carbocycles. The molecule has 0 spiro atoms. The molecule has 1 saturated carbocycles. The molecule has 1 N–H and O–H groups in total. The molecule has 0 atom stereocenters. The highest BCUT2D eigenvalue weighted by molar-refractivity contribution is 5.10. The number of nitrogens with one attached hydrogen (secondary N) is 1. The van der Waals surface area contributed by atoms with Crippen LogP contribution in [0.4, 0.5) is 0 Å².